The second kappa shape index (κ2) is 10.6. The van der Waals surface area contributed by atoms with Gasteiger partial charge in [-0.3, -0.25) is 4.79 Å². The average molecular weight is 355 g/mol. The van der Waals surface area contributed by atoms with E-state index in [0.29, 0.717) is 25.1 Å². The lowest BCUT2D eigenvalue weighted by atomic mass is 10.0. The smallest absolute Gasteiger partial charge is 0.220 e. The van der Waals surface area contributed by atoms with Gasteiger partial charge in [0.05, 0.1) is 6.61 Å². The van der Waals surface area contributed by atoms with Gasteiger partial charge in [-0.05, 0) is 70.2 Å². The van der Waals surface area contributed by atoms with Crippen LogP contribution in [0.3, 0.4) is 0 Å². The van der Waals surface area contributed by atoms with Gasteiger partial charge in [0.15, 0.2) is 0 Å². The first-order valence-electron chi connectivity index (χ1n) is 8.77. The average Bonchev–Trinajstić information content (AvgIpc) is 2.50. The number of unbranched alkanes of at least 4 members (excludes halogenated alkanes) is 1. The van der Waals surface area contributed by atoms with Crippen LogP contribution < -0.4 is 15.4 Å². The number of amides is 1. The van der Waals surface area contributed by atoms with Crippen molar-refractivity contribution in [1.29, 1.82) is 0 Å². The third kappa shape index (κ3) is 7.10. The van der Waals surface area contributed by atoms with E-state index in [0.717, 1.165) is 43.5 Å². The lowest BCUT2D eigenvalue weighted by molar-refractivity contribution is -0.122. The summed E-state index contributed by atoms with van der Waals surface area (Å²) < 4.78 is 5.82. The van der Waals surface area contributed by atoms with E-state index < -0.39 is 0 Å². The number of aryl methyl sites for hydroxylation is 2. The molecule has 1 aromatic rings. The molecule has 2 atom stereocenters. The summed E-state index contributed by atoms with van der Waals surface area (Å²) in [5, 5.41) is 6.56. The van der Waals surface area contributed by atoms with Gasteiger partial charge in [-0.1, -0.05) is 12.1 Å². The van der Waals surface area contributed by atoms with Gasteiger partial charge in [0.25, 0.3) is 0 Å². The topological polar surface area (TPSA) is 50.4 Å². The normalized spacial score (nSPS) is 20.1. The Morgan fingerprint density at radius 3 is 2.88 bits per heavy atom. The maximum Gasteiger partial charge on any atom is 0.220 e. The van der Waals surface area contributed by atoms with Crippen LogP contribution in [0.4, 0.5) is 0 Å². The van der Waals surface area contributed by atoms with Crippen LogP contribution in [-0.2, 0) is 4.79 Å². The first-order chi connectivity index (χ1) is 11.0. The molecule has 1 heterocycles. The highest BCUT2D eigenvalue weighted by atomic mass is 35.5. The fourth-order valence-electron chi connectivity index (χ4n) is 3.00. The number of hydrogen-bond acceptors (Lipinski definition) is 3. The van der Waals surface area contributed by atoms with Gasteiger partial charge in [0.2, 0.25) is 5.91 Å². The number of benzene rings is 1. The van der Waals surface area contributed by atoms with Crippen LogP contribution in [0, 0.1) is 13.8 Å². The van der Waals surface area contributed by atoms with Crippen molar-refractivity contribution in [2.75, 3.05) is 13.2 Å². The molecule has 0 bridgehead atoms. The number of carbonyl (C=O) groups excluding carboxylic acids is 1. The van der Waals surface area contributed by atoms with Gasteiger partial charge >= 0.3 is 0 Å². The molecule has 24 heavy (non-hydrogen) atoms. The van der Waals surface area contributed by atoms with Crippen LogP contribution in [0.15, 0.2) is 18.2 Å². The molecular weight excluding hydrogens is 324 g/mol. The lowest BCUT2D eigenvalue weighted by Crippen LogP contribution is -2.46. The molecule has 0 radical (unpaired) electrons. The summed E-state index contributed by atoms with van der Waals surface area (Å²) in [7, 11) is 0. The zero-order valence-corrected chi connectivity index (χ0v) is 15.9. The zero-order valence-electron chi connectivity index (χ0n) is 15.1. The Kier molecular flexibility index (Phi) is 9.16. The minimum Gasteiger partial charge on any atom is -0.493 e. The first kappa shape index (κ1) is 20.8. The van der Waals surface area contributed by atoms with E-state index in [9.17, 15) is 4.79 Å². The third-order valence-corrected chi connectivity index (χ3v) is 4.39. The number of piperidine rings is 1. The van der Waals surface area contributed by atoms with E-state index in [1.165, 1.54) is 5.56 Å². The largest absolute Gasteiger partial charge is 0.493 e. The van der Waals surface area contributed by atoms with Crippen molar-refractivity contribution in [2.45, 2.75) is 65.0 Å². The Morgan fingerprint density at radius 2 is 2.12 bits per heavy atom. The van der Waals surface area contributed by atoms with Crippen molar-refractivity contribution in [3.63, 3.8) is 0 Å². The van der Waals surface area contributed by atoms with E-state index in [1.54, 1.807) is 0 Å². The van der Waals surface area contributed by atoms with Crippen molar-refractivity contribution < 1.29 is 9.53 Å². The maximum absolute atomic E-state index is 12.0. The Hall–Kier alpha value is -1.26. The molecule has 1 aromatic carbocycles. The van der Waals surface area contributed by atoms with Crippen LogP contribution in [0.1, 0.15) is 50.2 Å². The number of nitrogens with one attached hydrogen (secondary N) is 2. The molecule has 4 nitrogen and oxygen atoms in total. The molecule has 0 aromatic heterocycles. The highest BCUT2D eigenvalue weighted by molar-refractivity contribution is 5.85. The number of hydrogen-bond donors (Lipinski definition) is 2. The number of ether oxygens (including phenoxy) is 1. The third-order valence-electron chi connectivity index (χ3n) is 4.39. The van der Waals surface area contributed by atoms with Gasteiger partial charge in [0.1, 0.15) is 5.75 Å². The van der Waals surface area contributed by atoms with Gasteiger partial charge in [-0.2, -0.15) is 0 Å². The van der Waals surface area contributed by atoms with Gasteiger partial charge in [-0.15, -0.1) is 12.4 Å². The fraction of sp³-hybridized carbons (Fsp3) is 0.632. The summed E-state index contributed by atoms with van der Waals surface area (Å²) in [6.07, 6.45) is 4.43. The molecule has 2 rings (SSSR count). The van der Waals surface area contributed by atoms with Crippen molar-refractivity contribution in [3.8, 4) is 5.75 Å². The monoisotopic (exact) mass is 354 g/mol. The van der Waals surface area contributed by atoms with Gasteiger partial charge in [0, 0.05) is 18.5 Å². The van der Waals surface area contributed by atoms with E-state index >= 15 is 0 Å². The second-order valence-electron chi connectivity index (χ2n) is 6.72. The summed E-state index contributed by atoms with van der Waals surface area (Å²) in [6.45, 7) is 7.96. The van der Waals surface area contributed by atoms with Crippen molar-refractivity contribution in [1.82, 2.24) is 10.6 Å². The minimum atomic E-state index is 0. The Morgan fingerprint density at radius 1 is 1.33 bits per heavy atom. The zero-order chi connectivity index (χ0) is 16.7. The highest BCUT2D eigenvalue weighted by Gasteiger charge is 2.19. The quantitative estimate of drug-likeness (QED) is 0.736. The molecule has 1 fully saturated rings. The molecule has 1 aliphatic heterocycles. The van der Waals surface area contributed by atoms with Gasteiger partial charge in [-0.25, -0.2) is 0 Å². The van der Waals surface area contributed by atoms with Crippen LogP contribution in [-0.4, -0.2) is 31.1 Å². The molecule has 0 aliphatic carbocycles. The van der Waals surface area contributed by atoms with Crippen molar-refractivity contribution in [3.05, 3.63) is 29.3 Å². The molecule has 5 heteroatoms. The first-order valence-corrected chi connectivity index (χ1v) is 8.77. The van der Waals surface area contributed by atoms with E-state index in [2.05, 4.69) is 49.6 Å². The van der Waals surface area contributed by atoms with Crippen molar-refractivity contribution >= 4 is 18.3 Å². The maximum atomic E-state index is 12.0. The Balaban J connectivity index is 0.00000288. The Labute approximate surface area is 152 Å². The van der Waals surface area contributed by atoms with Crippen LogP contribution in [0.2, 0.25) is 0 Å². The minimum absolute atomic E-state index is 0. The van der Waals surface area contributed by atoms with E-state index in [1.807, 2.05) is 0 Å². The van der Waals surface area contributed by atoms with E-state index in [4.69, 9.17) is 4.74 Å². The second-order valence-corrected chi connectivity index (χ2v) is 6.72. The molecule has 2 N–H and O–H groups in total. The van der Waals surface area contributed by atoms with Crippen molar-refractivity contribution in [2.24, 2.45) is 0 Å². The summed E-state index contributed by atoms with van der Waals surface area (Å²) >= 11 is 0. The standard InChI is InChI=1S/C19H30N2O2.ClH/c1-14-7-8-15(2)18(12-14)23-11-5-4-6-19(22)21-17-9-10-20-16(3)13-17;/h7-8,12,16-17,20H,4-6,9-11,13H2,1-3H3,(H,21,22);1H. The van der Waals surface area contributed by atoms with Crippen LogP contribution in [0.25, 0.3) is 0 Å². The lowest BCUT2D eigenvalue weighted by Gasteiger charge is -2.28. The molecule has 0 saturated carbocycles. The van der Waals surface area contributed by atoms with Crippen LogP contribution in [0.5, 0.6) is 5.75 Å². The number of carbonyl (C=O) groups is 1. The summed E-state index contributed by atoms with van der Waals surface area (Å²) in [5.74, 6) is 1.13. The number of halogens is 1. The summed E-state index contributed by atoms with van der Waals surface area (Å²) in [4.78, 5) is 12.0. The fourth-order valence-corrected chi connectivity index (χ4v) is 3.00. The highest BCUT2D eigenvalue weighted by Crippen LogP contribution is 2.19. The summed E-state index contributed by atoms with van der Waals surface area (Å²) in [5.41, 5.74) is 2.37. The predicted octanol–water partition coefficient (Wildman–Crippen LogP) is 3.53. The predicted molar refractivity (Wildman–Crippen MR) is 101 cm³/mol. The molecule has 2 unspecified atom stereocenters. The molecule has 1 amide bonds. The molecule has 1 saturated heterocycles. The SMILES string of the molecule is Cc1ccc(C)c(OCCCCC(=O)NC2CCNC(C)C2)c1.Cl. The van der Waals surface area contributed by atoms with E-state index in [-0.39, 0.29) is 18.3 Å². The molecule has 0 spiro atoms. The Bertz CT molecular complexity index is 522. The number of rotatable bonds is 7. The molecular formula is C19H31ClN2O2. The van der Waals surface area contributed by atoms with Crippen LogP contribution >= 0.6 is 12.4 Å². The summed E-state index contributed by atoms with van der Waals surface area (Å²) in [6, 6.07) is 7.08. The molecule has 136 valence electrons. The van der Waals surface area contributed by atoms with Gasteiger partial charge < -0.3 is 15.4 Å². The molecule has 1 aliphatic rings.